The predicted octanol–water partition coefficient (Wildman–Crippen LogP) is 2.05. The van der Waals surface area contributed by atoms with Crippen LogP contribution in [0.5, 0.6) is 0 Å². The zero-order valence-electron chi connectivity index (χ0n) is 7.82. The van der Waals surface area contributed by atoms with E-state index in [1.165, 1.54) is 0 Å². The fourth-order valence-electron chi connectivity index (χ4n) is 0.581. The first-order valence-electron chi connectivity index (χ1n) is 4.07. The number of halogens is 1. The molecule has 0 saturated carbocycles. The van der Waals surface area contributed by atoms with Crippen molar-refractivity contribution in [2.24, 2.45) is 0 Å². The van der Waals surface area contributed by atoms with Crippen LogP contribution >= 0.6 is 22.9 Å². The van der Waals surface area contributed by atoms with Crippen LogP contribution in [0, 0.1) is 0 Å². The molecule has 0 aliphatic carbocycles. The Morgan fingerprint density at radius 1 is 1.58 bits per heavy atom. The van der Waals surface area contributed by atoms with Crippen LogP contribution in [0.2, 0.25) is 0 Å². The number of carbonyl (C=O) groups is 1. The van der Waals surface area contributed by atoms with E-state index in [4.69, 9.17) is 4.74 Å². The van der Waals surface area contributed by atoms with E-state index in [9.17, 15) is 4.79 Å². The van der Waals surface area contributed by atoms with Gasteiger partial charge in [0.05, 0.1) is 6.42 Å². The third-order valence-electron chi connectivity index (χ3n) is 1.67. The third-order valence-corrected chi connectivity index (χ3v) is 2.20. The summed E-state index contributed by atoms with van der Waals surface area (Å²) in [4.78, 5) is 11.1. The van der Waals surface area contributed by atoms with Gasteiger partial charge in [-0.05, 0) is 20.3 Å². The molecule has 0 aliphatic heterocycles. The molecule has 0 aromatic rings. The van der Waals surface area contributed by atoms with Crippen LogP contribution < -0.4 is 3.53 Å². The topological polar surface area (TPSA) is 38.3 Å². The van der Waals surface area contributed by atoms with Gasteiger partial charge in [-0.1, -0.05) is 6.92 Å². The van der Waals surface area contributed by atoms with Crippen LogP contribution in [0.4, 0.5) is 0 Å². The van der Waals surface area contributed by atoms with E-state index >= 15 is 0 Å². The van der Waals surface area contributed by atoms with E-state index in [0.29, 0.717) is 13.0 Å². The van der Waals surface area contributed by atoms with Crippen molar-refractivity contribution in [3.63, 3.8) is 0 Å². The lowest BCUT2D eigenvalue weighted by atomic mass is 10.1. The van der Waals surface area contributed by atoms with Gasteiger partial charge in [0, 0.05) is 29.4 Å². The number of rotatable bonds is 5. The van der Waals surface area contributed by atoms with Crippen LogP contribution in [0.25, 0.3) is 0 Å². The Hall–Kier alpha value is 0.160. The van der Waals surface area contributed by atoms with Crippen molar-refractivity contribution in [3.8, 4) is 0 Å². The molecule has 0 aromatic heterocycles. The van der Waals surface area contributed by atoms with Gasteiger partial charge in [-0.15, -0.1) is 0 Å². The molecule has 0 amide bonds. The number of ether oxygens (including phenoxy) is 1. The van der Waals surface area contributed by atoms with Gasteiger partial charge in [-0.25, -0.2) is 0 Å². The Kier molecular flexibility index (Phi) is 5.82. The van der Waals surface area contributed by atoms with E-state index < -0.39 is 0 Å². The number of hydrogen-bond acceptors (Lipinski definition) is 3. The van der Waals surface area contributed by atoms with E-state index in [1.807, 2.05) is 43.6 Å². The standard InChI is InChI=1S/C8H16INO2/c1-4-8(2,3)12-7(11)5-6-10-9/h10H,4-6H2,1-3H3. The van der Waals surface area contributed by atoms with E-state index in [-0.39, 0.29) is 11.6 Å². The summed E-state index contributed by atoms with van der Waals surface area (Å²) in [7, 11) is 0. The minimum Gasteiger partial charge on any atom is -0.460 e. The molecule has 3 nitrogen and oxygen atoms in total. The average molecular weight is 285 g/mol. The summed E-state index contributed by atoms with van der Waals surface area (Å²) in [5, 5.41) is 0. The summed E-state index contributed by atoms with van der Waals surface area (Å²) < 4.78 is 8.08. The van der Waals surface area contributed by atoms with Crippen molar-refractivity contribution >= 4 is 28.8 Å². The average Bonchev–Trinajstić information content (AvgIpc) is 2.00. The number of carbonyl (C=O) groups excluding carboxylic acids is 1. The zero-order valence-corrected chi connectivity index (χ0v) is 9.97. The lowest BCUT2D eigenvalue weighted by Crippen LogP contribution is -2.27. The summed E-state index contributed by atoms with van der Waals surface area (Å²) in [5.41, 5.74) is -0.317. The Labute approximate surface area is 87.7 Å². The summed E-state index contributed by atoms with van der Waals surface area (Å²) in [6.07, 6.45) is 1.28. The highest BCUT2D eigenvalue weighted by atomic mass is 127. The maximum absolute atomic E-state index is 11.1. The quantitative estimate of drug-likeness (QED) is 0.477. The Balaban J connectivity index is 3.68. The lowest BCUT2D eigenvalue weighted by molar-refractivity contribution is -0.156. The van der Waals surface area contributed by atoms with E-state index in [2.05, 4.69) is 3.53 Å². The monoisotopic (exact) mass is 285 g/mol. The molecular weight excluding hydrogens is 269 g/mol. The van der Waals surface area contributed by atoms with Crippen molar-refractivity contribution in [3.05, 3.63) is 0 Å². The maximum atomic E-state index is 11.1. The number of nitrogens with one attached hydrogen (secondary N) is 1. The summed E-state index contributed by atoms with van der Waals surface area (Å²) in [5.74, 6) is -0.133. The van der Waals surface area contributed by atoms with Gasteiger partial charge >= 0.3 is 5.97 Å². The molecule has 0 rings (SSSR count). The van der Waals surface area contributed by atoms with Gasteiger partial charge in [0.1, 0.15) is 5.60 Å². The molecule has 0 fully saturated rings. The van der Waals surface area contributed by atoms with Gasteiger partial charge < -0.3 is 4.74 Å². The third kappa shape index (κ3) is 5.77. The van der Waals surface area contributed by atoms with Gasteiger partial charge in [0.2, 0.25) is 0 Å². The predicted molar refractivity (Wildman–Crippen MR) is 57.1 cm³/mol. The highest BCUT2D eigenvalue weighted by molar-refractivity contribution is 14.1. The molecule has 0 saturated heterocycles. The van der Waals surface area contributed by atoms with Crippen LogP contribution in [0.3, 0.4) is 0 Å². The molecule has 72 valence electrons. The molecule has 12 heavy (non-hydrogen) atoms. The van der Waals surface area contributed by atoms with Crippen molar-refractivity contribution in [1.82, 2.24) is 3.53 Å². The summed E-state index contributed by atoms with van der Waals surface area (Å²) in [6.45, 7) is 6.51. The molecule has 0 unspecified atom stereocenters. The Bertz CT molecular complexity index is 148. The van der Waals surface area contributed by atoms with Crippen LogP contribution in [0.1, 0.15) is 33.6 Å². The SMILES string of the molecule is CCC(C)(C)OC(=O)CCNI. The smallest absolute Gasteiger partial charge is 0.307 e. The highest BCUT2D eigenvalue weighted by Gasteiger charge is 2.19. The zero-order chi connectivity index (χ0) is 9.61. The number of esters is 1. The molecule has 0 atom stereocenters. The van der Waals surface area contributed by atoms with Crippen LogP contribution in [0.15, 0.2) is 0 Å². The summed E-state index contributed by atoms with van der Waals surface area (Å²) >= 11 is 2.01. The Morgan fingerprint density at radius 3 is 2.58 bits per heavy atom. The van der Waals surface area contributed by atoms with Crippen molar-refractivity contribution in [1.29, 1.82) is 0 Å². The first kappa shape index (κ1) is 12.2. The molecule has 0 aliphatic rings. The molecular formula is C8H16INO2. The lowest BCUT2D eigenvalue weighted by Gasteiger charge is -2.23. The first-order valence-corrected chi connectivity index (χ1v) is 5.15. The fraction of sp³-hybridized carbons (Fsp3) is 0.875. The van der Waals surface area contributed by atoms with Gasteiger partial charge in [0.15, 0.2) is 0 Å². The highest BCUT2D eigenvalue weighted by Crippen LogP contribution is 2.14. The fourth-order valence-corrected chi connectivity index (χ4v) is 0.850. The summed E-state index contributed by atoms with van der Waals surface area (Å²) in [6, 6.07) is 0. The second kappa shape index (κ2) is 5.75. The number of hydrogen-bond donors (Lipinski definition) is 1. The molecule has 0 spiro atoms. The molecule has 0 radical (unpaired) electrons. The van der Waals surface area contributed by atoms with Gasteiger partial charge in [-0.3, -0.25) is 8.32 Å². The second-order valence-corrected chi connectivity index (χ2v) is 3.98. The van der Waals surface area contributed by atoms with E-state index in [0.717, 1.165) is 6.42 Å². The molecule has 0 aromatic carbocycles. The van der Waals surface area contributed by atoms with Gasteiger partial charge in [0.25, 0.3) is 0 Å². The first-order chi connectivity index (χ1) is 5.52. The molecule has 0 heterocycles. The minimum atomic E-state index is -0.317. The Morgan fingerprint density at radius 2 is 2.17 bits per heavy atom. The van der Waals surface area contributed by atoms with Crippen molar-refractivity contribution < 1.29 is 9.53 Å². The molecule has 4 heteroatoms. The molecule has 1 N–H and O–H groups in total. The maximum Gasteiger partial charge on any atom is 0.307 e. The largest absolute Gasteiger partial charge is 0.460 e. The second-order valence-electron chi connectivity index (χ2n) is 3.22. The van der Waals surface area contributed by atoms with Crippen LogP contribution in [-0.2, 0) is 9.53 Å². The van der Waals surface area contributed by atoms with Crippen LogP contribution in [-0.4, -0.2) is 18.1 Å². The normalized spacial score (nSPS) is 11.3. The van der Waals surface area contributed by atoms with Gasteiger partial charge in [-0.2, -0.15) is 0 Å². The molecule has 0 bridgehead atoms. The van der Waals surface area contributed by atoms with E-state index in [1.54, 1.807) is 0 Å². The van der Waals surface area contributed by atoms with Crippen molar-refractivity contribution in [2.75, 3.05) is 6.54 Å². The minimum absolute atomic E-state index is 0.133. The van der Waals surface area contributed by atoms with Crippen molar-refractivity contribution in [2.45, 2.75) is 39.2 Å².